The van der Waals surface area contributed by atoms with Gasteiger partial charge in [0.05, 0.1) is 12.6 Å². The third-order valence-corrected chi connectivity index (χ3v) is 1.31. The second kappa shape index (κ2) is 5.88. The number of nitrogens with two attached hydrogens (primary N) is 1. The average Bonchev–Trinajstić information content (AvgIpc) is 2.00. The highest BCUT2D eigenvalue weighted by atomic mass is 19.3. The second-order valence-corrected chi connectivity index (χ2v) is 2.34. The summed E-state index contributed by atoms with van der Waals surface area (Å²) in [6, 6.07) is -1.23. The number of hydrogen-bond acceptors (Lipinski definition) is 3. The third kappa shape index (κ3) is 5.01. The van der Waals surface area contributed by atoms with Crippen molar-refractivity contribution in [2.75, 3.05) is 6.61 Å². The zero-order chi connectivity index (χ0) is 9.56. The van der Waals surface area contributed by atoms with Crippen LogP contribution in [0.15, 0.2) is 0 Å². The number of carbonyl (C=O) groups is 1. The van der Waals surface area contributed by atoms with Crippen molar-refractivity contribution in [2.24, 2.45) is 5.73 Å². The van der Waals surface area contributed by atoms with E-state index in [0.717, 1.165) is 0 Å². The summed E-state index contributed by atoms with van der Waals surface area (Å²) in [6.07, 6.45) is -2.64. The van der Waals surface area contributed by atoms with Gasteiger partial charge in [0.2, 0.25) is 0 Å². The lowest BCUT2D eigenvalue weighted by Crippen LogP contribution is -2.29. The van der Waals surface area contributed by atoms with Crippen LogP contribution in [0.5, 0.6) is 0 Å². The van der Waals surface area contributed by atoms with E-state index in [4.69, 9.17) is 5.73 Å². The largest absolute Gasteiger partial charge is 0.466 e. The molecule has 1 atom stereocenters. The molecule has 3 nitrogen and oxygen atoms in total. The maximum atomic E-state index is 11.8. The van der Waals surface area contributed by atoms with Crippen molar-refractivity contribution in [3.05, 3.63) is 0 Å². The van der Waals surface area contributed by atoms with Crippen LogP contribution in [0.2, 0.25) is 0 Å². The van der Waals surface area contributed by atoms with Crippen LogP contribution in [-0.4, -0.2) is 25.0 Å². The van der Waals surface area contributed by atoms with E-state index in [1.54, 1.807) is 6.92 Å². The zero-order valence-electron chi connectivity index (χ0n) is 6.93. The van der Waals surface area contributed by atoms with E-state index in [-0.39, 0.29) is 19.4 Å². The summed E-state index contributed by atoms with van der Waals surface area (Å²) in [5.41, 5.74) is 5.00. The van der Waals surface area contributed by atoms with Crippen LogP contribution in [-0.2, 0) is 9.53 Å². The molecule has 0 aliphatic heterocycles. The molecule has 2 N–H and O–H groups in total. The normalized spacial score (nSPS) is 13.1. The fraction of sp³-hybridized carbons (Fsp3) is 0.857. The first kappa shape index (κ1) is 11.3. The Morgan fingerprint density at radius 1 is 1.58 bits per heavy atom. The van der Waals surface area contributed by atoms with Gasteiger partial charge in [-0.2, -0.15) is 0 Å². The molecule has 0 aromatic heterocycles. The molecular weight excluding hydrogens is 168 g/mol. The van der Waals surface area contributed by atoms with E-state index in [9.17, 15) is 13.6 Å². The maximum absolute atomic E-state index is 11.8. The predicted molar refractivity (Wildman–Crippen MR) is 39.8 cm³/mol. The summed E-state index contributed by atoms with van der Waals surface area (Å²) in [5.74, 6) is -0.478. The van der Waals surface area contributed by atoms with Gasteiger partial charge in [-0.25, -0.2) is 8.78 Å². The van der Waals surface area contributed by atoms with Gasteiger partial charge in [0.15, 0.2) is 0 Å². The molecule has 0 heterocycles. The summed E-state index contributed by atoms with van der Waals surface area (Å²) in [5, 5.41) is 0. The Bertz CT molecular complexity index is 141. The van der Waals surface area contributed by atoms with Crippen molar-refractivity contribution >= 4 is 5.97 Å². The maximum Gasteiger partial charge on any atom is 0.305 e. The minimum absolute atomic E-state index is 0.0312. The van der Waals surface area contributed by atoms with Gasteiger partial charge in [-0.3, -0.25) is 4.79 Å². The second-order valence-electron chi connectivity index (χ2n) is 2.34. The van der Waals surface area contributed by atoms with Crippen LogP contribution in [0.25, 0.3) is 0 Å². The van der Waals surface area contributed by atoms with Gasteiger partial charge in [0.25, 0.3) is 6.43 Å². The topological polar surface area (TPSA) is 52.3 Å². The minimum Gasteiger partial charge on any atom is -0.466 e. The highest BCUT2D eigenvalue weighted by Crippen LogP contribution is 2.05. The van der Waals surface area contributed by atoms with Crippen LogP contribution < -0.4 is 5.73 Å². The average molecular weight is 181 g/mol. The molecule has 12 heavy (non-hydrogen) atoms. The monoisotopic (exact) mass is 181 g/mol. The Morgan fingerprint density at radius 3 is 2.58 bits per heavy atom. The molecule has 0 saturated carbocycles. The number of hydrogen-bond donors (Lipinski definition) is 1. The standard InChI is InChI=1S/C7H13F2NO2/c1-2-12-6(11)4-3-5(10)7(8)9/h5,7H,2-4,10H2,1H3. The quantitative estimate of drug-likeness (QED) is 0.642. The molecule has 0 aliphatic rings. The summed E-state index contributed by atoms with van der Waals surface area (Å²) < 4.78 is 28.1. The van der Waals surface area contributed by atoms with Gasteiger partial charge in [0, 0.05) is 6.42 Å². The Kier molecular flexibility index (Phi) is 5.53. The Hall–Kier alpha value is -0.710. The number of rotatable bonds is 5. The lowest BCUT2D eigenvalue weighted by Gasteiger charge is -2.08. The van der Waals surface area contributed by atoms with Gasteiger partial charge in [0.1, 0.15) is 0 Å². The van der Waals surface area contributed by atoms with Crippen LogP contribution in [0.3, 0.4) is 0 Å². The molecule has 0 fully saturated rings. The SMILES string of the molecule is CCOC(=O)CCC(N)C(F)F. The first-order valence-electron chi connectivity index (χ1n) is 3.77. The zero-order valence-corrected chi connectivity index (χ0v) is 6.93. The Labute approximate surface area is 69.9 Å². The molecule has 1 unspecified atom stereocenters. The molecule has 5 heteroatoms. The van der Waals surface area contributed by atoms with Crippen LogP contribution in [0.1, 0.15) is 19.8 Å². The minimum atomic E-state index is -2.57. The molecule has 0 bridgehead atoms. The molecule has 0 aliphatic carbocycles. The van der Waals surface area contributed by atoms with E-state index in [2.05, 4.69) is 4.74 Å². The molecule has 0 radical (unpaired) electrons. The van der Waals surface area contributed by atoms with E-state index >= 15 is 0 Å². The summed E-state index contributed by atoms with van der Waals surface area (Å²) in [7, 11) is 0. The number of halogens is 2. The Morgan fingerprint density at radius 2 is 2.17 bits per heavy atom. The molecule has 0 aromatic carbocycles. The number of alkyl halides is 2. The number of esters is 1. The van der Waals surface area contributed by atoms with Crippen molar-refractivity contribution in [3.63, 3.8) is 0 Å². The number of ether oxygens (including phenoxy) is 1. The lowest BCUT2D eigenvalue weighted by atomic mass is 10.2. The van der Waals surface area contributed by atoms with Crippen molar-refractivity contribution in [1.29, 1.82) is 0 Å². The molecule has 72 valence electrons. The van der Waals surface area contributed by atoms with Gasteiger partial charge in [-0.15, -0.1) is 0 Å². The summed E-state index contributed by atoms with van der Waals surface area (Å²) >= 11 is 0. The van der Waals surface area contributed by atoms with Gasteiger partial charge in [-0.1, -0.05) is 0 Å². The fourth-order valence-electron chi connectivity index (χ4n) is 0.644. The Balaban J connectivity index is 3.47. The molecule has 0 aromatic rings. The summed E-state index contributed by atoms with van der Waals surface area (Å²) in [6.45, 7) is 1.92. The van der Waals surface area contributed by atoms with E-state index < -0.39 is 18.4 Å². The van der Waals surface area contributed by atoms with Crippen LogP contribution >= 0.6 is 0 Å². The fourth-order valence-corrected chi connectivity index (χ4v) is 0.644. The highest BCUT2D eigenvalue weighted by molar-refractivity contribution is 5.69. The van der Waals surface area contributed by atoms with Crippen LogP contribution in [0.4, 0.5) is 8.78 Å². The van der Waals surface area contributed by atoms with Gasteiger partial charge in [-0.05, 0) is 13.3 Å². The first-order chi connectivity index (χ1) is 5.57. The lowest BCUT2D eigenvalue weighted by molar-refractivity contribution is -0.143. The number of carbonyl (C=O) groups excluding carboxylic acids is 1. The predicted octanol–water partition coefficient (Wildman–Crippen LogP) is 0.922. The van der Waals surface area contributed by atoms with Crippen LogP contribution in [0, 0.1) is 0 Å². The molecule has 0 rings (SSSR count). The van der Waals surface area contributed by atoms with Crippen molar-refractivity contribution in [2.45, 2.75) is 32.2 Å². The van der Waals surface area contributed by atoms with Crippen molar-refractivity contribution in [1.82, 2.24) is 0 Å². The first-order valence-corrected chi connectivity index (χ1v) is 3.77. The van der Waals surface area contributed by atoms with E-state index in [1.807, 2.05) is 0 Å². The summed E-state index contributed by atoms with van der Waals surface area (Å²) in [4.78, 5) is 10.6. The van der Waals surface area contributed by atoms with Crippen molar-refractivity contribution in [3.8, 4) is 0 Å². The molecule has 0 spiro atoms. The van der Waals surface area contributed by atoms with E-state index in [1.165, 1.54) is 0 Å². The van der Waals surface area contributed by atoms with Gasteiger partial charge >= 0.3 is 5.97 Å². The van der Waals surface area contributed by atoms with E-state index in [0.29, 0.717) is 0 Å². The molecule has 0 saturated heterocycles. The smallest absolute Gasteiger partial charge is 0.305 e. The highest BCUT2D eigenvalue weighted by Gasteiger charge is 2.16. The molecular formula is C7H13F2NO2. The third-order valence-electron chi connectivity index (χ3n) is 1.31. The van der Waals surface area contributed by atoms with Gasteiger partial charge < -0.3 is 10.5 Å². The van der Waals surface area contributed by atoms with Crippen molar-refractivity contribution < 1.29 is 18.3 Å². The molecule has 0 amide bonds.